The Bertz CT molecular complexity index is 1820. The summed E-state index contributed by atoms with van der Waals surface area (Å²) in [6, 6.07) is 19.2. The third kappa shape index (κ3) is 6.12. The number of aryl methyl sites for hydroxylation is 1. The van der Waals surface area contributed by atoms with Crippen LogP contribution in [0.4, 0.5) is 0 Å². The second-order valence-corrected chi connectivity index (χ2v) is 31.9. The Morgan fingerprint density at radius 2 is 1.38 bits per heavy atom. The van der Waals surface area contributed by atoms with Crippen molar-refractivity contribution in [2.75, 3.05) is 0 Å². The van der Waals surface area contributed by atoms with Gasteiger partial charge < -0.3 is 0 Å². The summed E-state index contributed by atoms with van der Waals surface area (Å²) >= 11 is -4.46. The molecule has 3 aromatic carbocycles. The molecule has 0 saturated heterocycles. The summed E-state index contributed by atoms with van der Waals surface area (Å²) in [7, 11) is 0. The number of hydrogen-bond donors (Lipinski definition) is 0. The Hall–Kier alpha value is -1.53. The summed E-state index contributed by atoms with van der Waals surface area (Å²) in [5, 5.41) is 0. The molecule has 0 aliphatic heterocycles. The van der Waals surface area contributed by atoms with Crippen LogP contribution in [0.2, 0.25) is 4.63 Å². The van der Waals surface area contributed by atoms with Crippen molar-refractivity contribution in [3.63, 3.8) is 0 Å². The van der Waals surface area contributed by atoms with Crippen molar-refractivity contribution in [1.82, 2.24) is 0 Å². The van der Waals surface area contributed by atoms with E-state index in [1.165, 1.54) is 74.3 Å². The third-order valence-corrected chi connectivity index (χ3v) is 27.3. The Morgan fingerprint density at radius 1 is 0.809 bits per heavy atom. The van der Waals surface area contributed by atoms with E-state index in [1.807, 2.05) is 0 Å². The molecule has 0 N–H and O–H groups in total. The van der Waals surface area contributed by atoms with Crippen LogP contribution in [0.25, 0.3) is 11.1 Å². The first-order chi connectivity index (χ1) is 20.9. The Morgan fingerprint density at radius 3 is 1.96 bits per heavy atom. The predicted molar refractivity (Wildman–Crippen MR) is 211 cm³/mol. The second kappa shape index (κ2) is 12.7. The average molecular weight is 751 g/mol. The summed E-state index contributed by atoms with van der Waals surface area (Å²) in [5.74, 6) is 0.402. The van der Waals surface area contributed by atoms with Gasteiger partial charge >= 0.3 is 278 Å². The van der Waals surface area contributed by atoms with Crippen molar-refractivity contribution in [2.45, 2.75) is 123 Å². The SMILES string of the molecule is Cl.Cl.[CH2]=[Zr]([CH3])([C]1=CC(C2(C)CCCCC2)=CC1C)([c]1ccccc1)[c]1c(C)c(C(C)(C)C)cc2c1Cc1cc(C)c(C(C)(C)C)cc1-2. The molecule has 0 spiro atoms. The van der Waals surface area contributed by atoms with Gasteiger partial charge in [0, 0.05) is 0 Å². The Kier molecular flexibility index (Phi) is 10.3. The molecule has 47 heavy (non-hydrogen) atoms. The zero-order chi connectivity index (χ0) is 32.8. The minimum absolute atomic E-state index is 0. The number of benzene rings is 3. The minimum atomic E-state index is -4.46. The van der Waals surface area contributed by atoms with Crippen LogP contribution in [-0.2, 0) is 35.5 Å². The van der Waals surface area contributed by atoms with E-state index in [0.717, 1.165) is 6.42 Å². The number of rotatable bonds is 4. The third-order valence-electron chi connectivity index (χ3n) is 12.3. The molecule has 6 rings (SSSR count). The van der Waals surface area contributed by atoms with Crippen molar-refractivity contribution < 1.29 is 18.3 Å². The van der Waals surface area contributed by atoms with E-state index in [2.05, 4.69) is 135 Å². The predicted octanol–water partition coefficient (Wildman–Crippen LogP) is 11.9. The van der Waals surface area contributed by atoms with Gasteiger partial charge in [0.25, 0.3) is 0 Å². The normalized spacial score (nSPS) is 19.2. The van der Waals surface area contributed by atoms with E-state index in [0.29, 0.717) is 5.92 Å². The van der Waals surface area contributed by atoms with E-state index in [-0.39, 0.29) is 41.1 Å². The van der Waals surface area contributed by atoms with Crippen molar-refractivity contribution in [1.29, 1.82) is 0 Å². The number of fused-ring (bicyclic) bond motifs is 3. The molecule has 0 bridgehead atoms. The Balaban J connectivity index is 0.00000250. The van der Waals surface area contributed by atoms with Crippen LogP contribution < -0.4 is 6.54 Å². The number of allylic oxidation sites excluding steroid dienone is 4. The first-order valence-electron chi connectivity index (χ1n) is 17.7. The van der Waals surface area contributed by atoms with E-state index < -0.39 is 18.3 Å². The van der Waals surface area contributed by atoms with E-state index in [9.17, 15) is 0 Å². The topological polar surface area (TPSA) is 0 Å². The molecule has 0 radical (unpaired) electrons. The average Bonchev–Trinajstić information content (AvgIpc) is 3.52. The van der Waals surface area contributed by atoms with Crippen LogP contribution in [0, 0.1) is 25.2 Å². The standard InChI is InChI=1S/C23H29.C13H19.C6H5.CH3.CH2.2ClH.Zr/c1-14-9-16-11-17-10-15(2)21(23(6,7)8)13-19(17)18(16)12-20(14)22(3,4)5;1-11-6-7-12(10-11)13(2)8-4-3-5-9-13;1-2-4-6-5-3-1;;;;;/h9,12-13H,11H2,1-8H3;7,10-11H,3-5,8-9H2,1-2H3;1-5H;1H3;1H2;2*1H;. The molecule has 3 heteroatoms. The van der Waals surface area contributed by atoms with Crippen molar-refractivity contribution in [3.8, 4) is 11.1 Å². The van der Waals surface area contributed by atoms with Crippen LogP contribution in [0.1, 0.15) is 121 Å². The number of halogens is 2. The fraction of sp³-hybridized carbons (Fsp3) is 0.477. The number of hydrogen-bond acceptors (Lipinski definition) is 0. The van der Waals surface area contributed by atoms with Crippen LogP contribution in [0.15, 0.2) is 69.5 Å². The monoisotopic (exact) mass is 748 g/mol. The summed E-state index contributed by atoms with van der Waals surface area (Å²) in [4.78, 5) is 0. The van der Waals surface area contributed by atoms with Crippen LogP contribution in [0.3, 0.4) is 0 Å². The summed E-state index contributed by atoms with van der Waals surface area (Å²) in [6.07, 6.45) is 13.1. The van der Waals surface area contributed by atoms with Crippen molar-refractivity contribution in [2.24, 2.45) is 11.3 Å². The van der Waals surface area contributed by atoms with Gasteiger partial charge in [-0.25, -0.2) is 0 Å². The maximum absolute atomic E-state index is 5.68. The first kappa shape index (κ1) is 38.3. The molecule has 0 nitrogen and oxygen atoms in total. The van der Waals surface area contributed by atoms with Gasteiger partial charge in [0.2, 0.25) is 0 Å². The van der Waals surface area contributed by atoms with Crippen molar-refractivity contribution in [3.05, 3.63) is 103 Å². The first-order valence-corrected chi connectivity index (χ1v) is 25.6. The zero-order valence-corrected chi connectivity index (χ0v) is 35.2. The Labute approximate surface area is 300 Å². The van der Waals surface area contributed by atoms with Crippen LogP contribution >= 0.6 is 24.8 Å². The molecule has 1 saturated carbocycles. The summed E-state index contributed by atoms with van der Waals surface area (Å²) < 4.78 is 13.2. The van der Waals surface area contributed by atoms with Gasteiger partial charge in [-0.15, -0.1) is 24.8 Å². The molecule has 0 aromatic heterocycles. The quantitative estimate of drug-likeness (QED) is 0.195. The van der Waals surface area contributed by atoms with Crippen molar-refractivity contribution >= 4 is 35.6 Å². The van der Waals surface area contributed by atoms with E-state index >= 15 is 0 Å². The molecule has 3 aromatic rings. The van der Waals surface area contributed by atoms with Gasteiger partial charge in [-0.3, -0.25) is 0 Å². The van der Waals surface area contributed by atoms with Gasteiger partial charge in [0.15, 0.2) is 0 Å². The van der Waals surface area contributed by atoms with Gasteiger partial charge in [-0.2, -0.15) is 0 Å². The molecule has 254 valence electrons. The van der Waals surface area contributed by atoms with Gasteiger partial charge in [-0.1, -0.05) is 0 Å². The zero-order valence-electron chi connectivity index (χ0n) is 31.1. The van der Waals surface area contributed by atoms with Gasteiger partial charge in [0.05, 0.1) is 0 Å². The summed E-state index contributed by atoms with van der Waals surface area (Å²) in [6.45, 7) is 24.1. The molecule has 0 heterocycles. The molecule has 3 aliphatic rings. The molecule has 1 fully saturated rings. The van der Waals surface area contributed by atoms with Crippen LogP contribution in [0.5, 0.6) is 0 Å². The molecule has 0 amide bonds. The van der Waals surface area contributed by atoms with E-state index in [4.69, 9.17) is 4.21 Å². The van der Waals surface area contributed by atoms with E-state index in [1.54, 1.807) is 17.7 Å². The fourth-order valence-electron chi connectivity index (χ4n) is 9.98. The fourth-order valence-corrected chi connectivity index (χ4v) is 24.9. The van der Waals surface area contributed by atoms with Crippen LogP contribution in [-0.4, -0.2) is 4.21 Å². The maximum atomic E-state index is 5.68. The molecular formula is C44H60Cl2Zr. The van der Waals surface area contributed by atoms with Gasteiger partial charge in [0.1, 0.15) is 0 Å². The van der Waals surface area contributed by atoms with Gasteiger partial charge in [-0.05, 0) is 0 Å². The summed E-state index contributed by atoms with van der Waals surface area (Å²) in [5.41, 5.74) is 13.9. The molecule has 1 unspecified atom stereocenters. The molecule has 1 atom stereocenters. The molecular weight excluding hydrogens is 691 g/mol. The second-order valence-electron chi connectivity index (χ2n) is 18.0. The molecule has 3 aliphatic carbocycles.